The van der Waals surface area contributed by atoms with Crippen molar-refractivity contribution < 1.29 is 39.4 Å². The van der Waals surface area contributed by atoms with Gasteiger partial charge in [-0.15, -0.1) is 0 Å². The van der Waals surface area contributed by atoms with Crippen molar-refractivity contribution in [3.63, 3.8) is 0 Å². The molecule has 5 unspecified atom stereocenters. The Morgan fingerprint density at radius 1 is 0.744 bits per heavy atom. The van der Waals surface area contributed by atoms with E-state index in [0.717, 1.165) is 30.3 Å². The lowest BCUT2D eigenvalue weighted by Crippen LogP contribution is -2.64. The van der Waals surface area contributed by atoms with Crippen LogP contribution in [-0.2, 0) is 16.1 Å². The number of hydrogen-bond donors (Lipinski definition) is 4. The maximum atomic E-state index is 11.8. The Labute approximate surface area is 241 Å². The van der Waals surface area contributed by atoms with Crippen LogP contribution < -0.4 is 10.6 Å². The van der Waals surface area contributed by atoms with Gasteiger partial charge in [0.05, 0.1) is 51.1 Å². The van der Waals surface area contributed by atoms with Crippen molar-refractivity contribution in [2.45, 2.75) is 37.2 Å². The molecule has 1 aliphatic heterocycles. The Morgan fingerprint density at radius 3 is 1.72 bits per heavy atom. The SMILES string of the molecule is O=[N+]([O-])c1ccc(NC2C(OCc3ccccc3)OC(CO)C(O)C2Nc2ccc([N+](=O)[O-])cc2[N+](=O)[O-])c([N+](=O)[O-])c1. The van der Waals surface area contributed by atoms with Gasteiger partial charge in [-0.1, -0.05) is 30.3 Å². The van der Waals surface area contributed by atoms with E-state index >= 15 is 0 Å². The van der Waals surface area contributed by atoms with Crippen molar-refractivity contribution in [2.24, 2.45) is 0 Å². The van der Waals surface area contributed by atoms with Crippen LogP contribution in [0.15, 0.2) is 66.7 Å². The van der Waals surface area contributed by atoms with Gasteiger partial charge in [-0.05, 0) is 17.7 Å². The number of non-ortho nitro benzene ring substituents is 2. The smallest absolute Gasteiger partial charge is 0.299 e. The zero-order chi connectivity index (χ0) is 31.3. The van der Waals surface area contributed by atoms with Crippen LogP contribution in [-0.4, -0.2) is 67.1 Å². The topological polar surface area (TPSA) is 256 Å². The third-order valence-electron chi connectivity index (χ3n) is 6.60. The molecule has 0 aliphatic carbocycles. The highest BCUT2D eigenvalue weighted by Gasteiger charge is 2.47. The monoisotopic (exact) mass is 600 g/mol. The number of benzene rings is 3. The Bertz CT molecular complexity index is 1520. The van der Waals surface area contributed by atoms with Gasteiger partial charge in [0, 0.05) is 12.1 Å². The van der Waals surface area contributed by atoms with Crippen molar-refractivity contribution in [3.8, 4) is 0 Å². The number of nitrogens with one attached hydrogen (secondary N) is 2. The third-order valence-corrected chi connectivity index (χ3v) is 6.60. The number of nitrogens with zero attached hydrogens (tertiary/aromatic N) is 4. The lowest BCUT2D eigenvalue weighted by atomic mass is 9.93. The van der Waals surface area contributed by atoms with Gasteiger partial charge in [-0.2, -0.15) is 0 Å². The van der Waals surface area contributed by atoms with Crippen LogP contribution in [0.25, 0.3) is 0 Å². The van der Waals surface area contributed by atoms with Crippen LogP contribution >= 0.6 is 0 Å². The number of nitro benzene ring substituents is 4. The minimum Gasteiger partial charge on any atom is -0.394 e. The van der Waals surface area contributed by atoms with Crippen molar-refractivity contribution in [2.75, 3.05) is 17.2 Å². The van der Waals surface area contributed by atoms with E-state index in [9.17, 15) is 50.7 Å². The maximum absolute atomic E-state index is 11.8. The van der Waals surface area contributed by atoms with Crippen LogP contribution in [0, 0.1) is 40.5 Å². The van der Waals surface area contributed by atoms with Crippen LogP contribution in [0.3, 0.4) is 0 Å². The predicted molar refractivity (Wildman–Crippen MR) is 147 cm³/mol. The zero-order valence-electron chi connectivity index (χ0n) is 21.9. The number of rotatable bonds is 12. The molecular formula is C25H24N6O12. The summed E-state index contributed by atoms with van der Waals surface area (Å²) in [5.41, 5.74) is -2.36. The number of aliphatic hydroxyl groups excluding tert-OH is 2. The lowest BCUT2D eigenvalue weighted by molar-refractivity contribution is -0.394. The highest BCUT2D eigenvalue weighted by atomic mass is 16.7. The van der Waals surface area contributed by atoms with Gasteiger partial charge in [0.25, 0.3) is 22.7 Å². The summed E-state index contributed by atoms with van der Waals surface area (Å²) in [6.45, 7) is -0.790. The summed E-state index contributed by atoms with van der Waals surface area (Å²) in [6, 6.07) is 11.7. The Hall–Kier alpha value is -5.30. The molecule has 3 aromatic rings. The quantitative estimate of drug-likeness (QED) is 0.172. The van der Waals surface area contributed by atoms with E-state index in [1.807, 2.05) is 0 Å². The first-order chi connectivity index (χ1) is 20.5. The summed E-state index contributed by atoms with van der Waals surface area (Å²) in [4.78, 5) is 42.7. The van der Waals surface area contributed by atoms with Gasteiger partial charge in [0.2, 0.25) is 0 Å². The second kappa shape index (κ2) is 13.1. The molecule has 0 bridgehead atoms. The van der Waals surface area contributed by atoms with Gasteiger partial charge in [-0.25, -0.2) is 0 Å². The predicted octanol–water partition coefficient (Wildman–Crippen LogP) is 2.88. The van der Waals surface area contributed by atoms with Crippen LogP contribution in [0.5, 0.6) is 0 Å². The second-order valence-corrected chi connectivity index (χ2v) is 9.28. The average molecular weight is 600 g/mol. The highest BCUT2D eigenvalue weighted by molar-refractivity contribution is 5.68. The van der Waals surface area contributed by atoms with E-state index in [1.54, 1.807) is 30.3 Å². The molecular weight excluding hydrogens is 576 g/mol. The largest absolute Gasteiger partial charge is 0.394 e. The van der Waals surface area contributed by atoms with E-state index < -0.39 is 79.6 Å². The molecule has 3 aromatic carbocycles. The van der Waals surface area contributed by atoms with Crippen LogP contribution in [0.1, 0.15) is 5.56 Å². The van der Waals surface area contributed by atoms with E-state index in [0.29, 0.717) is 11.6 Å². The Morgan fingerprint density at radius 2 is 1.26 bits per heavy atom. The lowest BCUT2D eigenvalue weighted by Gasteiger charge is -2.45. The summed E-state index contributed by atoms with van der Waals surface area (Å²) >= 11 is 0. The molecule has 0 amide bonds. The van der Waals surface area contributed by atoms with Gasteiger partial charge < -0.3 is 30.3 Å². The normalized spacial score (nSPS) is 21.5. The molecule has 4 rings (SSSR count). The molecule has 0 aromatic heterocycles. The van der Waals surface area contributed by atoms with Gasteiger partial charge >= 0.3 is 0 Å². The number of hydrogen-bond acceptors (Lipinski definition) is 14. The summed E-state index contributed by atoms with van der Waals surface area (Å²) < 4.78 is 11.7. The van der Waals surface area contributed by atoms with Crippen molar-refractivity contribution in [3.05, 3.63) is 113 Å². The van der Waals surface area contributed by atoms with Crippen molar-refractivity contribution in [1.82, 2.24) is 0 Å². The molecule has 226 valence electrons. The number of nitro groups is 4. The van der Waals surface area contributed by atoms with E-state index in [-0.39, 0.29) is 18.0 Å². The second-order valence-electron chi connectivity index (χ2n) is 9.28. The minimum absolute atomic E-state index is 0.0648. The maximum Gasteiger partial charge on any atom is 0.299 e. The molecule has 5 atom stereocenters. The van der Waals surface area contributed by atoms with Gasteiger partial charge in [-0.3, -0.25) is 40.5 Å². The fourth-order valence-electron chi connectivity index (χ4n) is 4.50. The molecule has 18 nitrogen and oxygen atoms in total. The first-order valence-electron chi connectivity index (χ1n) is 12.5. The Kier molecular flexibility index (Phi) is 9.36. The number of ether oxygens (including phenoxy) is 2. The molecule has 4 N–H and O–H groups in total. The van der Waals surface area contributed by atoms with Crippen LogP contribution in [0.4, 0.5) is 34.1 Å². The summed E-state index contributed by atoms with van der Waals surface area (Å²) in [5, 5.41) is 72.7. The number of aliphatic hydroxyl groups is 2. The molecule has 1 heterocycles. The van der Waals surface area contributed by atoms with Gasteiger partial charge in [0.15, 0.2) is 6.29 Å². The first kappa shape index (κ1) is 30.7. The summed E-state index contributed by atoms with van der Waals surface area (Å²) in [5.74, 6) is 0. The fourth-order valence-corrected chi connectivity index (χ4v) is 4.50. The molecule has 1 aliphatic rings. The standard InChI is InChI=1S/C25H24N6O12/c32-12-21-24(33)22(26-17-8-6-15(28(34)35)10-19(17)30(38)39)23(25(43-21)42-13-14-4-2-1-3-5-14)27-18-9-7-16(29(36)37)11-20(18)31(40)41/h1-11,21-27,32-33H,12-13H2. The molecule has 1 fully saturated rings. The van der Waals surface area contributed by atoms with E-state index in [4.69, 9.17) is 9.47 Å². The summed E-state index contributed by atoms with van der Waals surface area (Å²) in [6.07, 6.45) is -4.29. The first-order valence-corrected chi connectivity index (χ1v) is 12.5. The minimum atomic E-state index is -1.62. The number of anilines is 2. The Balaban J connectivity index is 1.78. The molecule has 1 saturated heterocycles. The van der Waals surface area contributed by atoms with Gasteiger partial charge in [0.1, 0.15) is 29.6 Å². The third kappa shape index (κ3) is 6.96. The highest BCUT2D eigenvalue weighted by Crippen LogP contribution is 2.36. The summed E-state index contributed by atoms with van der Waals surface area (Å²) in [7, 11) is 0. The van der Waals surface area contributed by atoms with E-state index in [1.165, 1.54) is 0 Å². The zero-order valence-corrected chi connectivity index (χ0v) is 21.9. The molecule has 0 radical (unpaired) electrons. The fraction of sp³-hybridized carbons (Fsp3) is 0.280. The average Bonchev–Trinajstić information content (AvgIpc) is 2.98. The van der Waals surface area contributed by atoms with Crippen molar-refractivity contribution in [1.29, 1.82) is 0 Å². The molecule has 0 spiro atoms. The van der Waals surface area contributed by atoms with Crippen LogP contribution in [0.2, 0.25) is 0 Å². The van der Waals surface area contributed by atoms with Crippen molar-refractivity contribution >= 4 is 34.1 Å². The van der Waals surface area contributed by atoms with E-state index in [2.05, 4.69) is 10.6 Å². The molecule has 43 heavy (non-hydrogen) atoms. The molecule has 0 saturated carbocycles. The molecule has 18 heteroatoms.